The van der Waals surface area contributed by atoms with E-state index in [2.05, 4.69) is 27.8 Å². The van der Waals surface area contributed by atoms with Gasteiger partial charge >= 0.3 is 0 Å². The van der Waals surface area contributed by atoms with Crippen LogP contribution in [-0.4, -0.2) is 46.5 Å². The van der Waals surface area contributed by atoms with E-state index >= 15 is 0 Å². The van der Waals surface area contributed by atoms with Crippen LogP contribution in [0.5, 0.6) is 0 Å². The van der Waals surface area contributed by atoms with Crippen LogP contribution >= 0.6 is 22.9 Å². The number of aromatic nitrogens is 2. The van der Waals surface area contributed by atoms with Crippen molar-refractivity contribution < 1.29 is 4.79 Å². The van der Waals surface area contributed by atoms with Crippen molar-refractivity contribution in [2.75, 3.05) is 13.6 Å². The number of amides is 1. The van der Waals surface area contributed by atoms with E-state index in [9.17, 15) is 4.79 Å². The highest BCUT2D eigenvalue weighted by Crippen LogP contribution is 2.57. The first-order valence-electron chi connectivity index (χ1n) is 11.5. The Kier molecular flexibility index (Phi) is 5.01. The summed E-state index contributed by atoms with van der Waals surface area (Å²) >= 11 is 8.39. The zero-order chi connectivity index (χ0) is 22.0. The normalized spacial score (nSPS) is 28.8. The maximum absolute atomic E-state index is 13.2. The molecule has 2 bridgehead atoms. The lowest BCUT2D eigenvalue weighted by molar-refractivity contribution is 0.0678. The molecular formula is C25H27ClN4OS. The van der Waals surface area contributed by atoms with Gasteiger partial charge < -0.3 is 10.2 Å². The first-order valence-corrected chi connectivity index (χ1v) is 12.8. The van der Waals surface area contributed by atoms with Crippen LogP contribution in [0.25, 0.3) is 10.2 Å². The molecule has 0 spiro atoms. The van der Waals surface area contributed by atoms with Crippen molar-refractivity contribution >= 4 is 39.1 Å². The predicted molar refractivity (Wildman–Crippen MR) is 129 cm³/mol. The van der Waals surface area contributed by atoms with Crippen LogP contribution in [0, 0.1) is 12.8 Å². The van der Waals surface area contributed by atoms with Gasteiger partial charge in [-0.25, -0.2) is 9.97 Å². The molecule has 5 atom stereocenters. The number of fused-ring (bicyclic) bond motifs is 3. The van der Waals surface area contributed by atoms with Crippen molar-refractivity contribution in [2.45, 2.75) is 56.5 Å². The molecule has 3 heterocycles. The molecule has 1 aliphatic heterocycles. The van der Waals surface area contributed by atoms with Crippen LogP contribution in [0.3, 0.4) is 0 Å². The Morgan fingerprint density at radius 3 is 2.84 bits per heavy atom. The summed E-state index contributed by atoms with van der Waals surface area (Å²) in [6, 6.07) is 8.87. The second-order valence-electron chi connectivity index (χ2n) is 9.73. The van der Waals surface area contributed by atoms with E-state index in [-0.39, 0.29) is 5.91 Å². The Labute approximate surface area is 197 Å². The smallest absolute Gasteiger partial charge is 0.253 e. The molecule has 3 aromatic rings. The molecule has 3 aliphatic rings. The minimum absolute atomic E-state index is 0.0727. The van der Waals surface area contributed by atoms with Crippen LogP contribution in [-0.2, 0) is 0 Å². The number of thiophene rings is 1. The van der Waals surface area contributed by atoms with Crippen LogP contribution in [0.1, 0.15) is 65.0 Å². The van der Waals surface area contributed by atoms with Crippen molar-refractivity contribution in [1.82, 2.24) is 20.2 Å². The van der Waals surface area contributed by atoms with Gasteiger partial charge in [-0.1, -0.05) is 17.7 Å². The topological polar surface area (TPSA) is 58.1 Å². The van der Waals surface area contributed by atoms with Crippen LogP contribution in [0.4, 0.5) is 0 Å². The van der Waals surface area contributed by atoms with Crippen molar-refractivity contribution in [2.24, 2.45) is 5.92 Å². The number of aryl methyl sites for hydroxylation is 1. The number of nitrogens with one attached hydrogen (secondary N) is 1. The maximum atomic E-state index is 13.2. The molecule has 7 heteroatoms. The Morgan fingerprint density at radius 2 is 2.03 bits per heavy atom. The highest BCUT2D eigenvalue weighted by atomic mass is 35.5. The summed E-state index contributed by atoms with van der Waals surface area (Å²) in [6.45, 7) is 3.05. The lowest BCUT2D eigenvalue weighted by Gasteiger charge is -2.34. The van der Waals surface area contributed by atoms with Gasteiger partial charge in [0.05, 0.1) is 5.69 Å². The largest absolute Gasteiger partial charge is 0.339 e. The van der Waals surface area contributed by atoms with E-state index in [0.29, 0.717) is 40.4 Å². The molecule has 1 aromatic carbocycles. The molecule has 1 amide bonds. The van der Waals surface area contributed by atoms with Gasteiger partial charge in [-0.15, -0.1) is 11.3 Å². The minimum atomic E-state index is 0.0727. The molecule has 2 saturated carbocycles. The van der Waals surface area contributed by atoms with Crippen molar-refractivity contribution in [3.05, 3.63) is 57.3 Å². The van der Waals surface area contributed by atoms with Gasteiger partial charge in [0.15, 0.2) is 0 Å². The van der Waals surface area contributed by atoms with Crippen LogP contribution < -0.4 is 5.32 Å². The molecule has 1 N–H and O–H groups in total. The van der Waals surface area contributed by atoms with Gasteiger partial charge in [0.25, 0.3) is 5.91 Å². The first kappa shape index (κ1) is 20.6. The summed E-state index contributed by atoms with van der Waals surface area (Å²) in [5.41, 5.74) is 2.94. The number of nitrogens with zero attached hydrogens (tertiary/aromatic N) is 3. The number of benzene rings is 1. The van der Waals surface area contributed by atoms with Crippen molar-refractivity contribution in [3.8, 4) is 0 Å². The quantitative estimate of drug-likeness (QED) is 0.578. The molecule has 2 aromatic heterocycles. The third-order valence-electron chi connectivity index (χ3n) is 7.60. The Hall–Kier alpha value is -2.02. The summed E-state index contributed by atoms with van der Waals surface area (Å²) in [7, 11) is 1.94. The Balaban J connectivity index is 1.20. The molecule has 5 nitrogen and oxygen atoms in total. The summed E-state index contributed by atoms with van der Waals surface area (Å²) in [4.78, 5) is 25.5. The third-order valence-corrected chi connectivity index (χ3v) is 8.73. The third kappa shape index (κ3) is 3.53. The van der Waals surface area contributed by atoms with Gasteiger partial charge in [-0.2, -0.15) is 0 Å². The van der Waals surface area contributed by atoms with Crippen molar-refractivity contribution in [1.29, 1.82) is 0 Å². The Morgan fingerprint density at radius 1 is 1.16 bits per heavy atom. The fourth-order valence-electron chi connectivity index (χ4n) is 5.83. The standard InChI is InChI=1S/C25H27ClN4OS/c1-13-28-23(19-5-6-32-24(19)29-13)21-11-20(21)18-4-3-15(9-22(18)26)25(31)30(2)17-8-14-7-16(10-17)27-12-14/h3-6,9,14,16-17,20-21,27H,7-8,10-12H2,1-2H3/t14-,16+,17-,20-,21+/m0/s1. The minimum Gasteiger partial charge on any atom is -0.339 e. The predicted octanol–water partition coefficient (Wildman–Crippen LogP) is 5.14. The van der Waals surface area contributed by atoms with Gasteiger partial charge in [0.2, 0.25) is 0 Å². The molecule has 1 saturated heterocycles. The number of carbonyl (C=O) groups excluding carboxylic acids is 1. The zero-order valence-electron chi connectivity index (χ0n) is 18.3. The average Bonchev–Trinajstić information content (AvgIpc) is 3.30. The Bertz CT molecular complexity index is 1200. The van der Waals surface area contributed by atoms with Gasteiger partial charge in [0, 0.05) is 41.0 Å². The molecule has 6 rings (SSSR count). The van der Waals surface area contributed by atoms with Gasteiger partial charge in [0.1, 0.15) is 10.7 Å². The molecular weight excluding hydrogens is 440 g/mol. The summed E-state index contributed by atoms with van der Waals surface area (Å²) < 4.78 is 0. The fourth-order valence-corrected chi connectivity index (χ4v) is 6.97. The van der Waals surface area contributed by atoms with E-state index in [4.69, 9.17) is 16.6 Å². The van der Waals surface area contributed by atoms with Gasteiger partial charge in [-0.05, 0) is 80.1 Å². The highest BCUT2D eigenvalue weighted by Gasteiger charge is 2.43. The maximum Gasteiger partial charge on any atom is 0.253 e. The monoisotopic (exact) mass is 466 g/mol. The van der Waals surface area contributed by atoms with E-state index in [1.165, 1.54) is 6.42 Å². The number of hydrogen-bond acceptors (Lipinski definition) is 5. The lowest BCUT2D eigenvalue weighted by atomic mass is 9.85. The fraction of sp³-hybridized carbons (Fsp3) is 0.480. The van der Waals surface area contributed by atoms with Crippen molar-refractivity contribution in [3.63, 3.8) is 0 Å². The lowest BCUT2D eigenvalue weighted by Crippen LogP contribution is -2.42. The number of rotatable bonds is 4. The summed E-state index contributed by atoms with van der Waals surface area (Å²) in [6.07, 6.45) is 4.43. The second kappa shape index (κ2) is 7.79. The molecule has 0 radical (unpaired) electrons. The summed E-state index contributed by atoms with van der Waals surface area (Å²) in [5.74, 6) is 2.31. The first-order chi connectivity index (χ1) is 15.5. The zero-order valence-corrected chi connectivity index (χ0v) is 19.9. The van der Waals surface area contributed by atoms with E-state index in [1.54, 1.807) is 11.3 Å². The van der Waals surface area contributed by atoms with E-state index in [1.807, 2.05) is 31.0 Å². The van der Waals surface area contributed by atoms with Crippen LogP contribution in [0.2, 0.25) is 5.02 Å². The van der Waals surface area contributed by atoms with Crippen LogP contribution in [0.15, 0.2) is 29.6 Å². The molecule has 32 heavy (non-hydrogen) atoms. The summed E-state index contributed by atoms with van der Waals surface area (Å²) in [5, 5.41) is 7.51. The molecule has 166 valence electrons. The highest BCUT2D eigenvalue weighted by molar-refractivity contribution is 7.16. The van der Waals surface area contributed by atoms with Gasteiger partial charge in [-0.3, -0.25) is 4.79 Å². The molecule has 0 unspecified atom stereocenters. The average molecular weight is 467 g/mol. The van der Waals surface area contributed by atoms with E-state index < -0.39 is 0 Å². The second-order valence-corrected chi connectivity index (χ2v) is 11.0. The number of halogens is 1. The number of hydrogen-bond donors (Lipinski definition) is 1. The molecule has 2 aliphatic carbocycles. The SMILES string of the molecule is Cc1nc([C@@H]2C[C@H]2c2ccc(C(=O)N(C)[C@H]3C[C@H]4CN[C@H](C4)C3)cc2Cl)c2ccsc2n1. The number of carbonyl (C=O) groups is 1. The molecule has 3 fully saturated rings. The van der Waals surface area contributed by atoms with E-state index in [0.717, 1.165) is 53.1 Å².